The third-order valence-corrected chi connectivity index (χ3v) is 12.1. The molecule has 2 atom stereocenters. The van der Waals surface area contributed by atoms with Crippen molar-refractivity contribution < 1.29 is 9.90 Å². The third kappa shape index (κ3) is 4.83. The molecule has 4 bridgehead atoms. The highest BCUT2D eigenvalue weighted by atomic mass is 32.1. The number of nitrogens with one attached hydrogen (secondary N) is 1. The minimum Gasteiger partial charge on any atom is -0.478 e. The van der Waals surface area contributed by atoms with Gasteiger partial charge < -0.3 is 10.4 Å². The van der Waals surface area contributed by atoms with Gasteiger partial charge in [-0.1, -0.05) is 42.4 Å². The van der Waals surface area contributed by atoms with Gasteiger partial charge in [0.25, 0.3) is 0 Å². The zero-order valence-electron chi connectivity index (χ0n) is 26.6. The molecule has 2 aromatic carbocycles. The number of carbonyl (C=O) groups is 1. The van der Waals surface area contributed by atoms with Crippen LogP contribution >= 0.6 is 11.3 Å². The van der Waals surface area contributed by atoms with Crippen molar-refractivity contribution in [3.63, 3.8) is 0 Å². The van der Waals surface area contributed by atoms with E-state index in [0.29, 0.717) is 28.0 Å². The molecule has 4 fully saturated rings. The number of fused-ring (bicyclic) bond motifs is 3. The van der Waals surface area contributed by atoms with Gasteiger partial charge in [-0.2, -0.15) is 5.10 Å². The smallest absolute Gasteiger partial charge is 0.337 e. The molecule has 9 nitrogen and oxygen atoms in total. The molecule has 4 aromatic heterocycles. The number of benzene rings is 2. The molecular formula is C37H37N7O2S. The van der Waals surface area contributed by atoms with Crippen LogP contribution < -0.4 is 5.32 Å². The number of thiazole rings is 1. The summed E-state index contributed by atoms with van der Waals surface area (Å²) in [6.07, 6.45) is 13.3. The first-order chi connectivity index (χ1) is 22.8. The monoisotopic (exact) mass is 643 g/mol. The lowest BCUT2D eigenvalue weighted by molar-refractivity contribution is 0.0169. The van der Waals surface area contributed by atoms with E-state index >= 15 is 0 Å². The Morgan fingerprint density at radius 3 is 2.55 bits per heavy atom. The largest absolute Gasteiger partial charge is 0.478 e. The average Bonchev–Trinajstić information content (AvgIpc) is 3.72. The van der Waals surface area contributed by atoms with Crippen LogP contribution in [0.1, 0.15) is 66.6 Å². The molecule has 10 heteroatoms. The van der Waals surface area contributed by atoms with E-state index < -0.39 is 5.97 Å². The molecular weight excluding hydrogens is 607 g/mol. The van der Waals surface area contributed by atoms with Gasteiger partial charge in [0.1, 0.15) is 0 Å². The zero-order valence-corrected chi connectivity index (χ0v) is 27.4. The summed E-state index contributed by atoms with van der Waals surface area (Å²) in [7, 11) is 0. The van der Waals surface area contributed by atoms with Gasteiger partial charge in [0.15, 0.2) is 16.8 Å². The maximum Gasteiger partial charge on any atom is 0.337 e. The van der Waals surface area contributed by atoms with E-state index in [1.54, 1.807) is 11.3 Å². The van der Waals surface area contributed by atoms with Crippen molar-refractivity contribution >= 4 is 49.4 Å². The Morgan fingerprint density at radius 1 is 1.00 bits per heavy atom. The quantitative estimate of drug-likeness (QED) is 0.179. The minimum absolute atomic E-state index is 0.286. The molecule has 47 heavy (non-hydrogen) atoms. The van der Waals surface area contributed by atoms with Crippen LogP contribution in [0.5, 0.6) is 0 Å². The second-order valence-electron chi connectivity index (χ2n) is 14.3. The van der Waals surface area contributed by atoms with Crippen molar-refractivity contribution in [2.45, 2.75) is 65.3 Å². The van der Waals surface area contributed by atoms with Crippen LogP contribution in [0.4, 0.5) is 10.9 Å². The summed E-state index contributed by atoms with van der Waals surface area (Å²) in [6.45, 7) is 5.01. The van der Waals surface area contributed by atoms with Gasteiger partial charge in [0.05, 0.1) is 27.5 Å². The van der Waals surface area contributed by atoms with Crippen molar-refractivity contribution in [3.8, 4) is 16.9 Å². The van der Waals surface area contributed by atoms with Gasteiger partial charge in [0, 0.05) is 34.9 Å². The number of para-hydroxylation sites is 1. The Balaban J connectivity index is 1.03. The van der Waals surface area contributed by atoms with E-state index in [-0.39, 0.29) is 5.56 Å². The van der Waals surface area contributed by atoms with Crippen molar-refractivity contribution in [2.24, 2.45) is 23.2 Å². The summed E-state index contributed by atoms with van der Waals surface area (Å²) in [5.74, 6) is 2.89. The van der Waals surface area contributed by atoms with Crippen molar-refractivity contribution in [1.82, 2.24) is 29.5 Å². The number of anilines is 2. The summed E-state index contributed by atoms with van der Waals surface area (Å²) < 4.78 is 5.18. The lowest BCUT2D eigenvalue weighted by Gasteiger charge is -2.48. The Bertz CT molecular complexity index is 2150. The van der Waals surface area contributed by atoms with Crippen LogP contribution in [0.2, 0.25) is 0 Å². The zero-order chi connectivity index (χ0) is 31.9. The first kappa shape index (κ1) is 28.6. The van der Waals surface area contributed by atoms with Gasteiger partial charge >= 0.3 is 5.97 Å². The summed E-state index contributed by atoms with van der Waals surface area (Å²) in [5, 5.41) is 29.2. The number of carboxylic acids is 1. The van der Waals surface area contributed by atoms with Gasteiger partial charge in [-0.05, 0) is 105 Å². The Kier molecular flexibility index (Phi) is 6.54. The second-order valence-corrected chi connectivity index (χ2v) is 15.3. The molecule has 238 valence electrons. The van der Waals surface area contributed by atoms with Crippen LogP contribution in [-0.4, -0.2) is 40.6 Å². The topological polar surface area (TPSA) is 111 Å². The Labute approximate surface area is 276 Å². The minimum atomic E-state index is -0.953. The molecule has 4 saturated carbocycles. The number of hydrogen-bond donors (Lipinski definition) is 2. The van der Waals surface area contributed by atoms with Crippen molar-refractivity contribution in [2.75, 3.05) is 5.32 Å². The second kappa shape index (κ2) is 10.7. The van der Waals surface area contributed by atoms with Gasteiger partial charge in [-0.15, -0.1) is 10.2 Å². The van der Waals surface area contributed by atoms with Crippen LogP contribution in [0.15, 0.2) is 60.9 Å². The number of hydrogen-bond acceptors (Lipinski definition) is 7. The molecule has 0 aliphatic heterocycles. The fourth-order valence-electron chi connectivity index (χ4n) is 9.36. The van der Waals surface area contributed by atoms with Crippen LogP contribution in [-0.2, 0) is 6.54 Å². The van der Waals surface area contributed by atoms with Gasteiger partial charge in [-0.3, -0.25) is 9.25 Å². The summed E-state index contributed by atoms with van der Waals surface area (Å²) in [6, 6.07) is 15.8. The first-order valence-corrected chi connectivity index (χ1v) is 17.5. The first-order valence-electron chi connectivity index (χ1n) is 16.7. The molecule has 0 radical (unpaired) electrons. The number of aromatic carboxylic acids is 1. The third-order valence-electron chi connectivity index (χ3n) is 11.2. The molecule has 2 N–H and O–H groups in total. The van der Waals surface area contributed by atoms with E-state index in [9.17, 15) is 9.90 Å². The number of aryl methyl sites for hydroxylation is 1. The summed E-state index contributed by atoms with van der Waals surface area (Å²) in [4.78, 5) is 17.5. The molecule has 4 aliphatic rings. The highest BCUT2D eigenvalue weighted by Gasteiger charge is 2.48. The maximum absolute atomic E-state index is 12.9. The van der Waals surface area contributed by atoms with Crippen LogP contribution in [0, 0.1) is 37.0 Å². The van der Waals surface area contributed by atoms with E-state index in [2.05, 4.69) is 32.1 Å². The van der Waals surface area contributed by atoms with E-state index in [1.165, 1.54) is 44.9 Å². The molecule has 0 spiro atoms. The molecule has 4 heterocycles. The predicted octanol–water partition coefficient (Wildman–Crippen LogP) is 8.56. The molecule has 0 amide bonds. The van der Waals surface area contributed by atoms with E-state index in [4.69, 9.17) is 5.10 Å². The molecule has 10 rings (SSSR count). The van der Waals surface area contributed by atoms with Gasteiger partial charge in [0.2, 0.25) is 0 Å². The number of nitrogens with zero attached hydrogens (tertiary/aromatic N) is 6. The van der Waals surface area contributed by atoms with Crippen LogP contribution in [0.3, 0.4) is 0 Å². The lowest BCUT2D eigenvalue weighted by atomic mass is 9.58. The Hall–Kier alpha value is -4.57. The Morgan fingerprint density at radius 2 is 1.79 bits per heavy atom. The summed E-state index contributed by atoms with van der Waals surface area (Å²) >= 11 is 1.57. The fourth-order valence-corrected chi connectivity index (χ4v) is 10.2. The lowest BCUT2D eigenvalue weighted by Crippen LogP contribution is -2.40. The maximum atomic E-state index is 12.9. The van der Waals surface area contributed by atoms with E-state index in [1.807, 2.05) is 72.4 Å². The fraction of sp³-hybridized carbons (Fsp3) is 0.378. The highest BCUT2D eigenvalue weighted by molar-refractivity contribution is 7.22. The van der Waals surface area contributed by atoms with Crippen LogP contribution in [0.25, 0.3) is 38.1 Å². The molecule has 0 saturated heterocycles. The average molecular weight is 644 g/mol. The highest BCUT2D eigenvalue weighted by Crippen LogP contribution is 2.58. The van der Waals surface area contributed by atoms with Crippen molar-refractivity contribution in [1.29, 1.82) is 0 Å². The van der Waals surface area contributed by atoms with Gasteiger partial charge in [-0.25, -0.2) is 9.78 Å². The normalized spacial score (nSPS) is 23.5. The standard InChI is InChI=1S/C37H37N7O2S/c1-21-13-32(41-42-34(21)40-36-39-29-5-3-4-6-31(29)47-36)43-12-11-27-30(43)10-9-26(33(27)35(45)46)28-19-38-44(22(28)2)20-37-16-23-7-8-24(17-37)15-25(14-23)18-37/h3-6,9-13,19,23-25H,7-8,14-18,20H2,1-2H3,(H,45,46)(H,39,40,42). The SMILES string of the molecule is Cc1cc(-n2ccc3c(C(=O)O)c(-c4cnn(CC56CC7CCC(CC(C7)C5)C6)c4C)ccc32)nnc1Nc1nc2ccccc2s1. The predicted molar refractivity (Wildman–Crippen MR) is 185 cm³/mol. The number of carboxylic acid groups (broad SMARTS) is 1. The number of rotatable bonds is 7. The number of aromatic nitrogens is 6. The molecule has 6 aromatic rings. The van der Waals surface area contributed by atoms with Crippen molar-refractivity contribution in [3.05, 3.63) is 77.7 Å². The molecule has 4 aliphatic carbocycles. The summed E-state index contributed by atoms with van der Waals surface area (Å²) in [5.41, 5.74) is 5.86. The van der Waals surface area contributed by atoms with E-state index in [0.717, 1.165) is 62.0 Å². The molecule has 2 unspecified atom stereocenters.